The standard InChI is InChI=1S/C20H25N5O/c1-4-16(5-2)24-20(23-13-21)25-17-7-9-18(10-8-17)26-19-11-6-15(22)12-14(19)3/h6-12,16H,4-5,22H2,1-3H3,(H2,23,24,25). The van der Waals surface area contributed by atoms with Crippen molar-refractivity contribution in [2.45, 2.75) is 39.7 Å². The number of ether oxygens (including phenoxy) is 1. The number of aryl methyl sites for hydroxylation is 1. The van der Waals surface area contributed by atoms with Gasteiger partial charge in [0.2, 0.25) is 5.96 Å². The minimum atomic E-state index is 0.175. The van der Waals surface area contributed by atoms with Crippen LogP contribution in [0.25, 0.3) is 0 Å². The van der Waals surface area contributed by atoms with Crippen molar-refractivity contribution in [1.82, 2.24) is 5.32 Å². The Morgan fingerprint density at radius 2 is 1.88 bits per heavy atom. The van der Waals surface area contributed by atoms with Gasteiger partial charge in [0.25, 0.3) is 0 Å². The molecule has 2 aromatic carbocycles. The number of aliphatic imine (C=N–C) groups is 1. The molecule has 0 aromatic heterocycles. The van der Waals surface area contributed by atoms with Crippen LogP contribution in [0.5, 0.6) is 11.5 Å². The number of hydrogen-bond donors (Lipinski definition) is 3. The van der Waals surface area contributed by atoms with Crippen LogP contribution in [0.4, 0.5) is 11.4 Å². The number of nitrogens with zero attached hydrogens (tertiary/aromatic N) is 2. The van der Waals surface area contributed by atoms with Crippen molar-refractivity contribution in [3.63, 3.8) is 0 Å². The van der Waals surface area contributed by atoms with Gasteiger partial charge in [0.1, 0.15) is 11.5 Å². The summed E-state index contributed by atoms with van der Waals surface area (Å²) in [5.41, 5.74) is 8.27. The smallest absolute Gasteiger partial charge is 0.209 e. The van der Waals surface area contributed by atoms with E-state index < -0.39 is 0 Å². The van der Waals surface area contributed by atoms with Crippen molar-refractivity contribution in [1.29, 1.82) is 5.26 Å². The van der Waals surface area contributed by atoms with Crippen LogP contribution in [0.15, 0.2) is 47.5 Å². The lowest BCUT2D eigenvalue weighted by molar-refractivity contribution is 0.479. The van der Waals surface area contributed by atoms with E-state index in [1.54, 1.807) is 0 Å². The number of rotatable bonds is 6. The SMILES string of the molecule is CCC(CC)/N=C(\NC#N)Nc1ccc(Oc2ccc(N)cc2C)cc1. The van der Waals surface area contributed by atoms with Gasteiger partial charge in [0, 0.05) is 11.4 Å². The molecule has 2 aromatic rings. The van der Waals surface area contributed by atoms with Gasteiger partial charge >= 0.3 is 0 Å². The molecular formula is C20H25N5O. The van der Waals surface area contributed by atoms with Gasteiger partial charge in [-0.3, -0.25) is 5.32 Å². The average molecular weight is 351 g/mol. The van der Waals surface area contributed by atoms with Crippen molar-refractivity contribution in [2.75, 3.05) is 11.1 Å². The molecule has 0 spiro atoms. The Bertz CT molecular complexity index is 789. The molecule has 0 aliphatic carbocycles. The van der Waals surface area contributed by atoms with E-state index in [0.717, 1.165) is 35.6 Å². The molecule has 0 saturated carbocycles. The summed E-state index contributed by atoms with van der Waals surface area (Å²) in [7, 11) is 0. The van der Waals surface area contributed by atoms with Gasteiger partial charge in [-0.15, -0.1) is 0 Å². The maximum Gasteiger partial charge on any atom is 0.209 e. The second-order valence-electron chi connectivity index (χ2n) is 5.96. The van der Waals surface area contributed by atoms with Crippen LogP contribution < -0.4 is 21.1 Å². The number of nitriles is 1. The first kappa shape index (κ1) is 19.1. The summed E-state index contributed by atoms with van der Waals surface area (Å²) >= 11 is 0. The molecule has 0 radical (unpaired) electrons. The predicted molar refractivity (Wildman–Crippen MR) is 106 cm³/mol. The van der Waals surface area contributed by atoms with Crippen molar-refractivity contribution >= 4 is 17.3 Å². The molecule has 6 heteroatoms. The second kappa shape index (κ2) is 9.33. The fraction of sp³-hybridized carbons (Fsp3) is 0.300. The van der Waals surface area contributed by atoms with Crippen molar-refractivity contribution in [3.8, 4) is 17.7 Å². The minimum Gasteiger partial charge on any atom is -0.457 e. The summed E-state index contributed by atoms with van der Waals surface area (Å²) in [6.45, 7) is 6.11. The van der Waals surface area contributed by atoms with Crippen LogP contribution in [-0.2, 0) is 0 Å². The van der Waals surface area contributed by atoms with Gasteiger partial charge in [-0.2, -0.15) is 5.26 Å². The number of nitrogen functional groups attached to an aromatic ring is 1. The third kappa shape index (κ3) is 5.42. The van der Waals surface area contributed by atoms with Crippen LogP contribution in [0.2, 0.25) is 0 Å². The molecule has 136 valence electrons. The summed E-state index contributed by atoms with van der Waals surface area (Å²) in [5.74, 6) is 1.93. The first-order valence-corrected chi connectivity index (χ1v) is 8.69. The van der Waals surface area contributed by atoms with Gasteiger partial charge < -0.3 is 15.8 Å². The topological polar surface area (TPSA) is 95.5 Å². The number of guanidine groups is 1. The second-order valence-corrected chi connectivity index (χ2v) is 5.96. The molecule has 0 atom stereocenters. The zero-order valence-corrected chi connectivity index (χ0v) is 15.4. The lowest BCUT2D eigenvalue weighted by Crippen LogP contribution is -2.28. The highest BCUT2D eigenvalue weighted by Crippen LogP contribution is 2.27. The molecule has 0 bridgehead atoms. The molecule has 4 N–H and O–H groups in total. The molecule has 2 rings (SSSR count). The van der Waals surface area contributed by atoms with Gasteiger partial charge in [-0.25, -0.2) is 4.99 Å². The molecule has 0 heterocycles. The predicted octanol–water partition coefficient (Wildman–Crippen LogP) is 4.40. The monoisotopic (exact) mass is 351 g/mol. The van der Waals surface area contributed by atoms with Crippen molar-refractivity contribution in [3.05, 3.63) is 48.0 Å². The van der Waals surface area contributed by atoms with E-state index in [0.29, 0.717) is 11.6 Å². The highest BCUT2D eigenvalue weighted by molar-refractivity contribution is 5.94. The van der Waals surface area contributed by atoms with Crippen LogP contribution >= 0.6 is 0 Å². The van der Waals surface area contributed by atoms with E-state index in [2.05, 4.69) is 29.5 Å². The Kier molecular flexibility index (Phi) is 6.86. The Morgan fingerprint density at radius 3 is 2.46 bits per heavy atom. The summed E-state index contributed by atoms with van der Waals surface area (Å²) < 4.78 is 5.89. The van der Waals surface area contributed by atoms with Crippen molar-refractivity contribution < 1.29 is 4.74 Å². The van der Waals surface area contributed by atoms with Gasteiger partial charge in [0.15, 0.2) is 6.19 Å². The van der Waals surface area contributed by atoms with Crippen molar-refractivity contribution in [2.24, 2.45) is 4.99 Å². The maximum absolute atomic E-state index is 8.92. The van der Waals surface area contributed by atoms with E-state index in [1.807, 2.05) is 55.6 Å². The molecule has 0 aliphatic heterocycles. The van der Waals surface area contributed by atoms with E-state index in [-0.39, 0.29) is 6.04 Å². The molecule has 6 nitrogen and oxygen atoms in total. The number of nitrogens with one attached hydrogen (secondary N) is 2. The lowest BCUT2D eigenvalue weighted by Gasteiger charge is -2.13. The number of hydrogen-bond acceptors (Lipinski definition) is 4. The van der Waals surface area contributed by atoms with E-state index >= 15 is 0 Å². The molecule has 0 saturated heterocycles. The quantitative estimate of drug-likeness (QED) is 0.236. The Morgan fingerprint density at radius 1 is 1.19 bits per heavy atom. The number of anilines is 2. The summed E-state index contributed by atoms with van der Waals surface area (Å²) in [4.78, 5) is 4.54. The molecule has 0 fully saturated rings. The Hall–Kier alpha value is -3.20. The van der Waals surface area contributed by atoms with E-state index in [4.69, 9.17) is 15.7 Å². The summed E-state index contributed by atoms with van der Waals surface area (Å²) in [6, 6.07) is 13.2. The highest BCUT2D eigenvalue weighted by Gasteiger charge is 2.06. The molecule has 26 heavy (non-hydrogen) atoms. The number of nitrogens with two attached hydrogens (primary N) is 1. The minimum absolute atomic E-state index is 0.175. The maximum atomic E-state index is 8.92. The normalized spacial score (nSPS) is 11.1. The van der Waals surface area contributed by atoms with E-state index in [9.17, 15) is 0 Å². The zero-order valence-electron chi connectivity index (χ0n) is 15.4. The number of benzene rings is 2. The third-order valence-corrected chi connectivity index (χ3v) is 3.97. The van der Waals surface area contributed by atoms with Crippen LogP contribution in [-0.4, -0.2) is 12.0 Å². The third-order valence-electron chi connectivity index (χ3n) is 3.97. The molecule has 0 amide bonds. The lowest BCUT2D eigenvalue weighted by atomic mass is 10.2. The first-order chi connectivity index (χ1) is 12.5. The van der Waals surface area contributed by atoms with Crippen LogP contribution in [0.1, 0.15) is 32.3 Å². The average Bonchev–Trinajstić information content (AvgIpc) is 2.63. The van der Waals surface area contributed by atoms with Crippen LogP contribution in [0, 0.1) is 18.4 Å². The van der Waals surface area contributed by atoms with Crippen LogP contribution in [0.3, 0.4) is 0 Å². The first-order valence-electron chi connectivity index (χ1n) is 8.69. The fourth-order valence-electron chi connectivity index (χ4n) is 2.46. The zero-order chi connectivity index (χ0) is 18.9. The highest BCUT2D eigenvalue weighted by atomic mass is 16.5. The largest absolute Gasteiger partial charge is 0.457 e. The molecule has 0 unspecified atom stereocenters. The summed E-state index contributed by atoms with van der Waals surface area (Å²) in [5, 5.41) is 14.6. The fourth-order valence-corrected chi connectivity index (χ4v) is 2.46. The van der Waals surface area contributed by atoms with Gasteiger partial charge in [-0.05, 0) is 67.8 Å². The van der Waals surface area contributed by atoms with E-state index in [1.165, 1.54) is 0 Å². The van der Waals surface area contributed by atoms with Gasteiger partial charge in [0.05, 0.1) is 6.04 Å². The Labute approximate surface area is 154 Å². The summed E-state index contributed by atoms with van der Waals surface area (Å²) in [6.07, 6.45) is 3.76. The molecular weight excluding hydrogens is 326 g/mol. The molecule has 0 aliphatic rings. The van der Waals surface area contributed by atoms with Gasteiger partial charge in [-0.1, -0.05) is 13.8 Å². The Balaban J connectivity index is 2.09.